The van der Waals surface area contributed by atoms with Crippen molar-refractivity contribution in [2.75, 3.05) is 0 Å². The van der Waals surface area contributed by atoms with E-state index < -0.39 is 8.07 Å². The van der Waals surface area contributed by atoms with Crippen molar-refractivity contribution in [2.45, 2.75) is 54.9 Å². The summed E-state index contributed by atoms with van der Waals surface area (Å²) >= 11 is 2.14. The van der Waals surface area contributed by atoms with Crippen LogP contribution in [0, 0.1) is 0 Å². The summed E-state index contributed by atoms with van der Waals surface area (Å²) in [5.41, 5.74) is 10.6. The molecule has 0 bridgehead atoms. The summed E-state index contributed by atoms with van der Waals surface area (Å²) in [4.78, 5) is 2.63. The predicted molar refractivity (Wildman–Crippen MR) is 219 cm³/mol. The van der Waals surface area contributed by atoms with Crippen molar-refractivity contribution < 1.29 is 0 Å². The topological polar surface area (TPSA) is 4.93 Å². The Hall–Kier alpha value is -3.99. The number of para-hydroxylation sites is 1. The normalized spacial score (nSPS) is 17.4. The van der Waals surface area contributed by atoms with Gasteiger partial charge in [-0.05, 0) is 0 Å². The van der Waals surface area contributed by atoms with Gasteiger partial charge in [0.1, 0.15) is 0 Å². The molecule has 0 saturated carbocycles. The molecule has 6 aromatic carbocycles. The monoisotopic (exact) mass is 743 g/mol. The van der Waals surface area contributed by atoms with Gasteiger partial charge in [0.05, 0.1) is 0 Å². The first-order chi connectivity index (χ1) is 24.8. The van der Waals surface area contributed by atoms with E-state index >= 15 is 0 Å². The second kappa shape index (κ2) is 12.4. The molecule has 1 nitrogen and oxygen atoms in total. The van der Waals surface area contributed by atoms with E-state index in [1.807, 2.05) is 11.8 Å². The number of aryl methyl sites for hydroxylation is 1. The van der Waals surface area contributed by atoms with Crippen molar-refractivity contribution in [3.05, 3.63) is 151 Å². The van der Waals surface area contributed by atoms with E-state index in [0.29, 0.717) is 0 Å². The molecule has 10 rings (SSSR count). The quantitative estimate of drug-likeness (QED) is 0.171. The third-order valence-electron chi connectivity index (χ3n) is 11.6. The number of hydrogen-bond acceptors (Lipinski definition) is 1. The van der Waals surface area contributed by atoms with Gasteiger partial charge in [-0.25, -0.2) is 0 Å². The Bertz CT molecular complexity index is 2420. The molecule has 3 aliphatic rings. The summed E-state index contributed by atoms with van der Waals surface area (Å²) in [5, 5.41) is 6.23. The molecule has 0 radical (unpaired) electrons. The zero-order valence-corrected chi connectivity index (χ0v) is 31.9. The third-order valence-corrected chi connectivity index (χ3v) is 20.1. The molecule has 2 aliphatic heterocycles. The zero-order valence-electron chi connectivity index (χ0n) is 28.4. The number of nitrogens with zero attached hydrogens (tertiary/aromatic N) is 1. The Balaban J connectivity index is 1.27. The first-order valence-electron chi connectivity index (χ1n) is 18.2. The van der Waals surface area contributed by atoms with Crippen molar-refractivity contribution in [2.24, 2.45) is 0 Å². The molecule has 0 N–H and O–H groups in total. The molecular formula is C45H38BNSSeSi. The Morgan fingerprint density at radius 3 is 2.24 bits per heavy atom. The van der Waals surface area contributed by atoms with Gasteiger partial charge in [0.2, 0.25) is 0 Å². The van der Waals surface area contributed by atoms with E-state index in [9.17, 15) is 0 Å². The van der Waals surface area contributed by atoms with Crippen LogP contribution in [-0.4, -0.2) is 34.3 Å². The summed E-state index contributed by atoms with van der Waals surface area (Å²) in [7, 11) is -2.37. The minimum absolute atomic E-state index is 0.215. The average Bonchev–Trinajstić information content (AvgIpc) is 3.28. The molecule has 0 fully saturated rings. The van der Waals surface area contributed by atoms with Crippen LogP contribution in [0.25, 0.3) is 16.6 Å². The number of rotatable bonds is 5. The SMILES string of the molecule is CC[Si]1(c2ccccc2)c2cc(Sc3ccccc3)ccc2B2c3c(cccc3-n3c4c(c5ccccc53)CCCCC4)[Se]c3cccc1c32. The first-order valence-corrected chi connectivity index (χ1v) is 23.0. The van der Waals surface area contributed by atoms with Gasteiger partial charge in [0.15, 0.2) is 0 Å². The summed E-state index contributed by atoms with van der Waals surface area (Å²) in [6, 6.07) is 55.1. The van der Waals surface area contributed by atoms with Crippen LogP contribution < -0.4 is 40.9 Å². The standard InChI is InChI=1S/C45H38BNSSeSi/c1-2-50(33-18-8-4-9-19-33)42-27-15-26-41-45(42)46(36-29-28-32(30-43(36)50)48-31-16-6-3-7-17-31)44-39(24-14-25-40(44)49-41)47-37-22-11-5-10-20-34(37)35-21-12-13-23-38(35)47/h3-4,6-9,12-19,21,23-30H,2,5,10-11,20,22H2,1H3. The molecule has 0 spiro atoms. The van der Waals surface area contributed by atoms with Crippen molar-refractivity contribution in [3.8, 4) is 5.69 Å². The van der Waals surface area contributed by atoms with Crippen molar-refractivity contribution in [1.82, 2.24) is 4.57 Å². The van der Waals surface area contributed by atoms with Gasteiger partial charge >= 0.3 is 309 Å². The van der Waals surface area contributed by atoms with Crippen LogP contribution in [0.15, 0.2) is 149 Å². The van der Waals surface area contributed by atoms with Gasteiger partial charge in [-0.3, -0.25) is 0 Å². The number of aromatic nitrogens is 1. The number of hydrogen-bond donors (Lipinski definition) is 0. The van der Waals surface area contributed by atoms with Crippen molar-refractivity contribution in [1.29, 1.82) is 0 Å². The molecule has 1 aliphatic carbocycles. The molecule has 3 heterocycles. The Morgan fingerprint density at radius 1 is 0.660 bits per heavy atom. The van der Waals surface area contributed by atoms with Crippen LogP contribution in [-0.2, 0) is 12.8 Å². The molecule has 1 aromatic heterocycles. The fraction of sp³-hybridized carbons (Fsp3) is 0.156. The van der Waals surface area contributed by atoms with Crippen molar-refractivity contribution in [3.63, 3.8) is 0 Å². The summed E-state index contributed by atoms with van der Waals surface area (Å²) in [6.45, 7) is 2.68. The van der Waals surface area contributed by atoms with E-state index in [1.54, 1.807) is 41.5 Å². The second-order valence-corrected chi connectivity index (χ2v) is 21.7. The molecule has 50 heavy (non-hydrogen) atoms. The third kappa shape index (κ3) is 4.60. The molecular weight excluding hydrogens is 704 g/mol. The van der Waals surface area contributed by atoms with Gasteiger partial charge in [-0.15, -0.1) is 0 Å². The minimum atomic E-state index is -2.37. The Kier molecular flexibility index (Phi) is 7.61. The molecule has 242 valence electrons. The number of benzene rings is 6. The zero-order chi connectivity index (χ0) is 33.2. The Morgan fingerprint density at radius 2 is 1.40 bits per heavy atom. The predicted octanol–water partition coefficient (Wildman–Crippen LogP) is 5.34. The number of fused-ring (bicyclic) bond motifs is 7. The van der Waals surface area contributed by atoms with Gasteiger partial charge in [0.25, 0.3) is 0 Å². The molecule has 0 saturated heterocycles. The van der Waals surface area contributed by atoms with Gasteiger partial charge in [-0.1, -0.05) is 0 Å². The maximum absolute atomic E-state index is 2.72. The van der Waals surface area contributed by atoms with Crippen LogP contribution in [0.5, 0.6) is 0 Å². The first kappa shape index (κ1) is 30.8. The summed E-state index contributed by atoms with van der Waals surface area (Å²) in [6.07, 6.45) is 6.21. The maximum atomic E-state index is 2.72. The van der Waals surface area contributed by atoms with Crippen LogP contribution in [0.2, 0.25) is 6.04 Å². The van der Waals surface area contributed by atoms with E-state index in [1.165, 1.54) is 62.7 Å². The van der Waals surface area contributed by atoms with Gasteiger partial charge in [0, 0.05) is 0 Å². The van der Waals surface area contributed by atoms with Crippen LogP contribution in [0.4, 0.5) is 0 Å². The van der Waals surface area contributed by atoms with Crippen LogP contribution in [0.1, 0.15) is 37.4 Å². The summed E-state index contributed by atoms with van der Waals surface area (Å²) < 4.78 is 5.84. The van der Waals surface area contributed by atoms with Crippen LogP contribution in [0.3, 0.4) is 0 Å². The fourth-order valence-electron chi connectivity index (χ4n) is 9.54. The average molecular weight is 743 g/mol. The Labute approximate surface area is 307 Å². The summed E-state index contributed by atoms with van der Waals surface area (Å²) in [5.74, 6) is 0. The molecule has 1 atom stereocenters. The van der Waals surface area contributed by atoms with E-state index in [4.69, 9.17) is 0 Å². The van der Waals surface area contributed by atoms with Crippen molar-refractivity contribution >= 4 is 93.3 Å². The van der Waals surface area contributed by atoms with E-state index in [2.05, 4.69) is 151 Å². The van der Waals surface area contributed by atoms with E-state index in [-0.39, 0.29) is 21.7 Å². The molecule has 5 heteroatoms. The fourth-order valence-corrected chi connectivity index (χ4v) is 18.3. The molecule has 0 amide bonds. The van der Waals surface area contributed by atoms with Crippen LogP contribution >= 0.6 is 11.8 Å². The molecule has 1 unspecified atom stereocenters. The van der Waals surface area contributed by atoms with Gasteiger partial charge < -0.3 is 0 Å². The van der Waals surface area contributed by atoms with Gasteiger partial charge in [-0.2, -0.15) is 0 Å². The van der Waals surface area contributed by atoms with E-state index in [0.717, 1.165) is 12.5 Å². The molecule has 7 aromatic rings. The second-order valence-electron chi connectivity index (χ2n) is 14.1.